The van der Waals surface area contributed by atoms with Crippen LogP contribution >= 0.6 is 11.8 Å². The summed E-state index contributed by atoms with van der Waals surface area (Å²) in [5, 5.41) is 13.9. The maximum Gasteiger partial charge on any atom is 0.322 e. The van der Waals surface area contributed by atoms with Crippen molar-refractivity contribution in [3.8, 4) is 0 Å². The zero-order chi connectivity index (χ0) is 12.4. The summed E-state index contributed by atoms with van der Waals surface area (Å²) in [6.07, 6.45) is 4.16. The first-order valence-corrected chi connectivity index (χ1v) is 7.37. The molecule has 3 heterocycles. The highest BCUT2D eigenvalue weighted by atomic mass is 32.2. The van der Waals surface area contributed by atoms with Crippen LogP contribution in [0.5, 0.6) is 0 Å². The number of anilines is 1. The first kappa shape index (κ1) is 12.0. The normalized spacial score (nSPS) is 27.6. The summed E-state index contributed by atoms with van der Waals surface area (Å²) in [5.41, 5.74) is 0. The van der Waals surface area contributed by atoms with Crippen molar-refractivity contribution in [1.82, 2.24) is 15.5 Å². The summed E-state index contributed by atoms with van der Waals surface area (Å²) in [5.74, 6) is 1.60. The lowest BCUT2D eigenvalue weighted by Crippen LogP contribution is -2.23. The van der Waals surface area contributed by atoms with Gasteiger partial charge in [-0.2, -0.15) is 0 Å². The molecule has 1 amide bonds. The molecular formula is C11H16N4O2S. The van der Waals surface area contributed by atoms with Gasteiger partial charge in [0.2, 0.25) is 11.8 Å². The second kappa shape index (κ2) is 5.27. The van der Waals surface area contributed by atoms with Gasteiger partial charge in [-0.25, -0.2) is 0 Å². The topological polar surface area (TPSA) is 80.0 Å². The minimum absolute atomic E-state index is 0.0212. The fourth-order valence-electron chi connectivity index (χ4n) is 2.29. The van der Waals surface area contributed by atoms with Gasteiger partial charge in [-0.05, 0) is 38.0 Å². The van der Waals surface area contributed by atoms with Crippen LogP contribution < -0.4 is 10.6 Å². The molecule has 1 aromatic heterocycles. The van der Waals surface area contributed by atoms with Crippen LogP contribution in [-0.2, 0) is 4.79 Å². The average Bonchev–Trinajstić information content (AvgIpc) is 3.12. The largest absolute Gasteiger partial charge is 0.406 e. The van der Waals surface area contributed by atoms with Crippen LogP contribution in [0.25, 0.3) is 0 Å². The zero-order valence-electron chi connectivity index (χ0n) is 10.0. The van der Waals surface area contributed by atoms with Crippen LogP contribution in [0.15, 0.2) is 4.42 Å². The minimum Gasteiger partial charge on any atom is -0.406 e. The lowest BCUT2D eigenvalue weighted by molar-refractivity contribution is -0.115. The number of carbonyl (C=O) groups is 1. The van der Waals surface area contributed by atoms with E-state index < -0.39 is 0 Å². The second-order valence-corrected chi connectivity index (χ2v) is 5.90. The van der Waals surface area contributed by atoms with Gasteiger partial charge in [0.15, 0.2) is 0 Å². The predicted molar refractivity (Wildman–Crippen MR) is 68.4 cm³/mol. The summed E-state index contributed by atoms with van der Waals surface area (Å²) in [6.45, 7) is 0.980. The van der Waals surface area contributed by atoms with Crippen LogP contribution in [0.2, 0.25) is 0 Å². The third kappa shape index (κ3) is 2.51. The average molecular weight is 268 g/mol. The Morgan fingerprint density at radius 2 is 2.33 bits per heavy atom. The molecule has 7 heteroatoms. The molecule has 2 unspecified atom stereocenters. The van der Waals surface area contributed by atoms with Crippen molar-refractivity contribution < 1.29 is 9.21 Å². The fourth-order valence-corrected chi connectivity index (χ4v) is 3.45. The fraction of sp³-hybridized carbons (Fsp3) is 0.727. The molecule has 2 fully saturated rings. The summed E-state index contributed by atoms with van der Waals surface area (Å²) in [4.78, 5) is 11.9. The monoisotopic (exact) mass is 268 g/mol. The van der Waals surface area contributed by atoms with Gasteiger partial charge in [0.1, 0.15) is 0 Å². The van der Waals surface area contributed by atoms with E-state index in [-0.39, 0.29) is 23.2 Å². The predicted octanol–water partition coefficient (Wildman–Crippen LogP) is 1.33. The van der Waals surface area contributed by atoms with Crippen molar-refractivity contribution in [3.63, 3.8) is 0 Å². The molecule has 18 heavy (non-hydrogen) atoms. The maximum atomic E-state index is 11.9. The highest BCUT2D eigenvalue weighted by molar-refractivity contribution is 8.00. The van der Waals surface area contributed by atoms with Gasteiger partial charge < -0.3 is 9.73 Å². The number of amides is 1. The van der Waals surface area contributed by atoms with Crippen LogP contribution in [0.1, 0.15) is 37.6 Å². The van der Waals surface area contributed by atoms with Gasteiger partial charge in [0.05, 0.1) is 11.3 Å². The maximum absolute atomic E-state index is 11.9. The van der Waals surface area contributed by atoms with Crippen molar-refractivity contribution >= 4 is 23.7 Å². The molecule has 0 spiro atoms. The lowest BCUT2D eigenvalue weighted by Gasteiger charge is -2.06. The van der Waals surface area contributed by atoms with Crippen molar-refractivity contribution in [2.75, 3.05) is 17.6 Å². The van der Waals surface area contributed by atoms with Gasteiger partial charge >= 0.3 is 6.01 Å². The number of hydrogen-bond acceptors (Lipinski definition) is 6. The summed E-state index contributed by atoms with van der Waals surface area (Å²) in [7, 11) is 0. The molecule has 98 valence electrons. The van der Waals surface area contributed by atoms with Gasteiger partial charge in [0, 0.05) is 0 Å². The molecular weight excluding hydrogens is 252 g/mol. The molecule has 2 aliphatic heterocycles. The van der Waals surface area contributed by atoms with Crippen molar-refractivity contribution in [2.45, 2.75) is 37.0 Å². The van der Waals surface area contributed by atoms with Crippen LogP contribution in [0, 0.1) is 0 Å². The Kier molecular flexibility index (Phi) is 3.51. The van der Waals surface area contributed by atoms with E-state index >= 15 is 0 Å². The first-order valence-electron chi connectivity index (χ1n) is 6.32. The smallest absolute Gasteiger partial charge is 0.322 e. The molecule has 2 aliphatic rings. The second-order valence-electron chi connectivity index (χ2n) is 4.59. The van der Waals surface area contributed by atoms with E-state index in [2.05, 4.69) is 20.8 Å². The molecule has 0 aliphatic carbocycles. The molecule has 6 nitrogen and oxygen atoms in total. The van der Waals surface area contributed by atoms with Gasteiger partial charge in [-0.1, -0.05) is 5.10 Å². The summed E-state index contributed by atoms with van der Waals surface area (Å²) in [6, 6.07) is 0.361. The Bertz CT molecular complexity index is 424. The van der Waals surface area contributed by atoms with E-state index in [1.165, 1.54) is 0 Å². The third-order valence-corrected chi connectivity index (χ3v) is 4.63. The number of nitrogens with one attached hydrogen (secondary N) is 2. The SMILES string of the molecule is O=C(Nc1nnc(C2CCCN2)o1)C1CCCS1. The molecule has 2 atom stereocenters. The number of aromatic nitrogens is 2. The van der Waals surface area contributed by atoms with Gasteiger partial charge in [0.25, 0.3) is 0 Å². The third-order valence-electron chi connectivity index (χ3n) is 3.25. The van der Waals surface area contributed by atoms with E-state index in [1.807, 2.05) is 0 Å². The summed E-state index contributed by atoms with van der Waals surface area (Å²) < 4.78 is 5.47. The Balaban J connectivity index is 1.60. The molecule has 0 radical (unpaired) electrons. The molecule has 1 aromatic rings. The van der Waals surface area contributed by atoms with E-state index in [0.717, 1.165) is 38.0 Å². The van der Waals surface area contributed by atoms with Crippen LogP contribution in [-0.4, -0.2) is 33.7 Å². The number of nitrogens with zero attached hydrogens (tertiary/aromatic N) is 2. The molecule has 2 saturated heterocycles. The van der Waals surface area contributed by atoms with E-state index in [0.29, 0.717) is 5.89 Å². The quantitative estimate of drug-likeness (QED) is 0.861. The molecule has 2 N–H and O–H groups in total. The molecule has 0 aromatic carbocycles. The Labute approximate surface area is 109 Å². The molecule has 0 bridgehead atoms. The Morgan fingerprint density at radius 1 is 1.39 bits per heavy atom. The van der Waals surface area contributed by atoms with Crippen molar-refractivity contribution in [1.29, 1.82) is 0 Å². The number of hydrogen-bond donors (Lipinski definition) is 2. The number of thioether (sulfide) groups is 1. The van der Waals surface area contributed by atoms with Crippen molar-refractivity contribution in [3.05, 3.63) is 5.89 Å². The summed E-state index contributed by atoms with van der Waals surface area (Å²) >= 11 is 1.69. The Morgan fingerprint density at radius 3 is 3.06 bits per heavy atom. The van der Waals surface area contributed by atoms with E-state index in [4.69, 9.17) is 4.42 Å². The van der Waals surface area contributed by atoms with Crippen LogP contribution in [0.4, 0.5) is 6.01 Å². The molecule has 0 saturated carbocycles. The number of carbonyl (C=O) groups excluding carboxylic acids is 1. The van der Waals surface area contributed by atoms with Crippen LogP contribution in [0.3, 0.4) is 0 Å². The lowest BCUT2D eigenvalue weighted by atomic mass is 10.2. The highest BCUT2D eigenvalue weighted by Gasteiger charge is 2.26. The first-order chi connectivity index (χ1) is 8.83. The van der Waals surface area contributed by atoms with Gasteiger partial charge in [-0.15, -0.1) is 16.9 Å². The van der Waals surface area contributed by atoms with E-state index in [1.54, 1.807) is 11.8 Å². The standard InChI is InChI=1S/C11H16N4O2S/c16-9(8-4-2-6-18-8)13-11-15-14-10(17-11)7-3-1-5-12-7/h7-8,12H,1-6H2,(H,13,15,16). The van der Waals surface area contributed by atoms with Crippen molar-refractivity contribution in [2.24, 2.45) is 0 Å². The number of rotatable bonds is 3. The van der Waals surface area contributed by atoms with E-state index in [9.17, 15) is 4.79 Å². The van der Waals surface area contributed by atoms with Gasteiger partial charge in [-0.3, -0.25) is 10.1 Å². The Hall–Kier alpha value is -1.08. The highest BCUT2D eigenvalue weighted by Crippen LogP contribution is 2.27. The molecule has 3 rings (SSSR count). The minimum atomic E-state index is -0.0212. The zero-order valence-corrected chi connectivity index (χ0v) is 10.8.